The van der Waals surface area contributed by atoms with Gasteiger partial charge in [0.1, 0.15) is 0 Å². The van der Waals surface area contributed by atoms with Crippen LogP contribution in [0.4, 0.5) is 14.5 Å². The molecular weight excluding hydrogens is 258 g/mol. The van der Waals surface area contributed by atoms with Crippen molar-refractivity contribution in [1.29, 1.82) is 0 Å². The summed E-state index contributed by atoms with van der Waals surface area (Å²) < 4.78 is 24.7. The number of hydrogen-bond acceptors (Lipinski definition) is 3. The third-order valence-electron chi connectivity index (χ3n) is 2.41. The molecule has 0 spiro atoms. The fraction of sp³-hybridized carbons (Fsp3) is 0.417. The van der Waals surface area contributed by atoms with Gasteiger partial charge in [0, 0.05) is 10.8 Å². The second-order valence-corrected chi connectivity index (χ2v) is 4.87. The molecule has 1 aromatic rings. The predicted octanol–water partition coefficient (Wildman–Crippen LogP) is 2.92. The standard InChI is InChI=1S/C12H16F2N2OS/c1-8(6-7-15)11(17)16-9-4-2-3-5-10(9)18-12(13)14/h2-5,8,12H,6-7,15H2,1H3,(H,16,17). The third kappa shape index (κ3) is 4.62. The highest BCUT2D eigenvalue weighted by Crippen LogP contribution is 2.31. The van der Waals surface area contributed by atoms with Crippen molar-refractivity contribution in [3.8, 4) is 0 Å². The van der Waals surface area contributed by atoms with Gasteiger partial charge in [-0.25, -0.2) is 0 Å². The largest absolute Gasteiger partial charge is 0.330 e. The molecule has 1 unspecified atom stereocenters. The van der Waals surface area contributed by atoms with Gasteiger partial charge in [-0.2, -0.15) is 8.78 Å². The van der Waals surface area contributed by atoms with E-state index in [-0.39, 0.29) is 11.8 Å². The van der Waals surface area contributed by atoms with Crippen LogP contribution < -0.4 is 11.1 Å². The Hall–Kier alpha value is -1.14. The molecule has 0 radical (unpaired) electrons. The lowest BCUT2D eigenvalue weighted by molar-refractivity contribution is -0.119. The van der Waals surface area contributed by atoms with Crippen LogP contribution in [-0.4, -0.2) is 18.2 Å². The molecule has 0 aliphatic heterocycles. The van der Waals surface area contributed by atoms with Gasteiger partial charge in [-0.15, -0.1) is 0 Å². The number of hydrogen-bond donors (Lipinski definition) is 2. The number of para-hydroxylation sites is 1. The van der Waals surface area contributed by atoms with Crippen molar-refractivity contribution < 1.29 is 13.6 Å². The molecule has 1 atom stereocenters. The summed E-state index contributed by atoms with van der Waals surface area (Å²) in [4.78, 5) is 12.1. The maximum absolute atomic E-state index is 12.4. The lowest BCUT2D eigenvalue weighted by Crippen LogP contribution is -2.23. The highest BCUT2D eigenvalue weighted by Gasteiger charge is 2.15. The average molecular weight is 274 g/mol. The van der Waals surface area contributed by atoms with E-state index in [1.54, 1.807) is 31.2 Å². The number of alkyl halides is 2. The average Bonchev–Trinajstić information content (AvgIpc) is 2.31. The molecule has 100 valence electrons. The molecule has 0 heterocycles. The molecule has 3 nitrogen and oxygen atoms in total. The molecule has 1 rings (SSSR count). The molecular formula is C12H16F2N2OS. The predicted molar refractivity (Wildman–Crippen MR) is 69.8 cm³/mol. The Morgan fingerprint density at radius 3 is 2.72 bits per heavy atom. The van der Waals surface area contributed by atoms with Crippen molar-refractivity contribution in [2.45, 2.75) is 24.0 Å². The van der Waals surface area contributed by atoms with Crippen molar-refractivity contribution in [2.75, 3.05) is 11.9 Å². The molecule has 0 aliphatic rings. The van der Waals surface area contributed by atoms with E-state index in [1.165, 1.54) is 0 Å². The molecule has 1 amide bonds. The maximum atomic E-state index is 12.4. The van der Waals surface area contributed by atoms with Gasteiger partial charge in [0.15, 0.2) is 0 Å². The second-order valence-electron chi connectivity index (χ2n) is 3.84. The summed E-state index contributed by atoms with van der Waals surface area (Å²) in [5.74, 6) is -2.95. The molecule has 0 fully saturated rings. The van der Waals surface area contributed by atoms with Crippen LogP contribution in [0.3, 0.4) is 0 Å². The minimum absolute atomic E-state index is 0.206. The van der Waals surface area contributed by atoms with Crippen LogP contribution in [0, 0.1) is 5.92 Å². The van der Waals surface area contributed by atoms with E-state index in [9.17, 15) is 13.6 Å². The zero-order valence-electron chi connectivity index (χ0n) is 10.0. The molecule has 6 heteroatoms. The first kappa shape index (κ1) is 14.9. The normalized spacial score (nSPS) is 12.5. The van der Waals surface area contributed by atoms with E-state index in [4.69, 9.17) is 5.73 Å². The Morgan fingerprint density at radius 1 is 1.44 bits per heavy atom. The molecule has 0 bridgehead atoms. The number of rotatable bonds is 6. The van der Waals surface area contributed by atoms with Crippen LogP contribution in [-0.2, 0) is 4.79 Å². The van der Waals surface area contributed by atoms with E-state index in [2.05, 4.69) is 5.32 Å². The van der Waals surface area contributed by atoms with E-state index in [1.807, 2.05) is 0 Å². The summed E-state index contributed by atoms with van der Waals surface area (Å²) in [6.45, 7) is 2.17. The number of nitrogens with two attached hydrogens (primary N) is 1. The van der Waals surface area contributed by atoms with E-state index >= 15 is 0 Å². The zero-order chi connectivity index (χ0) is 13.5. The summed E-state index contributed by atoms with van der Waals surface area (Å²) in [7, 11) is 0. The summed E-state index contributed by atoms with van der Waals surface area (Å²) in [6, 6.07) is 6.51. The Balaban J connectivity index is 2.74. The van der Waals surface area contributed by atoms with Gasteiger partial charge in [-0.1, -0.05) is 30.8 Å². The number of thioether (sulfide) groups is 1. The lowest BCUT2D eigenvalue weighted by atomic mass is 10.1. The zero-order valence-corrected chi connectivity index (χ0v) is 10.8. The molecule has 0 saturated carbocycles. The van der Waals surface area contributed by atoms with Gasteiger partial charge in [-0.3, -0.25) is 4.79 Å². The van der Waals surface area contributed by atoms with Crippen molar-refractivity contribution in [1.82, 2.24) is 0 Å². The van der Waals surface area contributed by atoms with Crippen molar-refractivity contribution in [3.05, 3.63) is 24.3 Å². The highest BCUT2D eigenvalue weighted by molar-refractivity contribution is 7.99. The number of anilines is 1. The Morgan fingerprint density at radius 2 is 2.11 bits per heavy atom. The number of halogens is 2. The van der Waals surface area contributed by atoms with Crippen LogP contribution in [0.15, 0.2) is 29.2 Å². The minimum atomic E-state index is -2.51. The van der Waals surface area contributed by atoms with Crippen LogP contribution >= 0.6 is 11.8 Å². The number of carbonyl (C=O) groups excluding carboxylic acids is 1. The molecule has 0 saturated heterocycles. The van der Waals surface area contributed by atoms with Crippen LogP contribution in [0.5, 0.6) is 0 Å². The SMILES string of the molecule is CC(CCN)C(=O)Nc1ccccc1SC(F)F. The first-order valence-electron chi connectivity index (χ1n) is 5.59. The fourth-order valence-corrected chi connectivity index (χ4v) is 2.00. The van der Waals surface area contributed by atoms with E-state index in [0.29, 0.717) is 35.3 Å². The van der Waals surface area contributed by atoms with Crippen LogP contribution in [0.1, 0.15) is 13.3 Å². The molecule has 18 heavy (non-hydrogen) atoms. The molecule has 0 aromatic heterocycles. The fourth-order valence-electron chi connectivity index (χ4n) is 1.41. The molecule has 1 aromatic carbocycles. The van der Waals surface area contributed by atoms with Crippen molar-refractivity contribution >= 4 is 23.4 Å². The van der Waals surface area contributed by atoms with Crippen molar-refractivity contribution in [2.24, 2.45) is 11.7 Å². The first-order chi connectivity index (χ1) is 8.54. The summed E-state index contributed by atoms with van der Waals surface area (Å²) in [5.41, 5.74) is 5.79. The summed E-state index contributed by atoms with van der Waals surface area (Å²) in [6.07, 6.45) is 0.565. The highest BCUT2D eigenvalue weighted by atomic mass is 32.2. The Bertz CT molecular complexity index is 401. The van der Waals surface area contributed by atoms with E-state index < -0.39 is 5.76 Å². The van der Waals surface area contributed by atoms with E-state index in [0.717, 1.165) is 0 Å². The topological polar surface area (TPSA) is 55.1 Å². The minimum Gasteiger partial charge on any atom is -0.330 e. The number of carbonyl (C=O) groups is 1. The van der Waals surface area contributed by atoms with Gasteiger partial charge >= 0.3 is 0 Å². The quantitative estimate of drug-likeness (QED) is 0.784. The second kappa shape index (κ2) is 7.33. The lowest BCUT2D eigenvalue weighted by Gasteiger charge is -2.13. The molecule has 0 aliphatic carbocycles. The number of benzene rings is 1. The van der Waals surface area contributed by atoms with Gasteiger partial charge in [-0.05, 0) is 25.1 Å². The first-order valence-corrected chi connectivity index (χ1v) is 6.47. The van der Waals surface area contributed by atoms with Crippen LogP contribution in [0.25, 0.3) is 0 Å². The summed E-state index contributed by atoms with van der Waals surface area (Å²) in [5, 5.41) is 2.65. The van der Waals surface area contributed by atoms with Gasteiger partial charge < -0.3 is 11.1 Å². The van der Waals surface area contributed by atoms with Crippen molar-refractivity contribution in [3.63, 3.8) is 0 Å². The Labute approximate surface area is 109 Å². The molecule has 3 N–H and O–H groups in total. The van der Waals surface area contributed by atoms with Gasteiger partial charge in [0.05, 0.1) is 5.69 Å². The number of amides is 1. The number of nitrogens with one attached hydrogen (secondary N) is 1. The maximum Gasteiger partial charge on any atom is 0.288 e. The van der Waals surface area contributed by atoms with Crippen LogP contribution in [0.2, 0.25) is 0 Å². The smallest absolute Gasteiger partial charge is 0.288 e. The Kier molecular flexibility index (Phi) is 6.07. The third-order valence-corrected chi connectivity index (χ3v) is 3.20. The summed E-state index contributed by atoms with van der Waals surface area (Å²) >= 11 is 0.419. The monoisotopic (exact) mass is 274 g/mol. The van der Waals surface area contributed by atoms with Gasteiger partial charge in [0.2, 0.25) is 5.91 Å². The van der Waals surface area contributed by atoms with Gasteiger partial charge in [0.25, 0.3) is 5.76 Å².